The Hall–Kier alpha value is -2.64. The van der Waals surface area contributed by atoms with Gasteiger partial charge in [-0.05, 0) is 43.0 Å². The van der Waals surface area contributed by atoms with Crippen LogP contribution in [0.3, 0.4) is 0 Å². The third-order valence-corrected chi connectivity index (χ3v) is 6.08. The van der Waals surface area contributed by atoms with Crippen LogP contribution in [0.5, 0.6) is 5.75 Å². The summed E-state index contributed by atoms with van der Waals surface area (Å²) in [5.74, 6) is 0.825. The van der Waals surface area contributed by atoms with Gasteiger partial charge in [-0.25, -0.2) is 4.98 Å². The Labute approximate surface area is 186 Å². The molecule has 4 rings (SSSR count). The minimum absolute atomic E-state index is 0.0207. The smallest absolute Gasteiger partial charge is 0.257 e. The third kappa shape index (κ3) is 5.17. The lowest BCUT2D eigenvalue weighted by Crippen LogP contribution is -2.41. The van der Waals surface area contributed by atoms with E-state index >= 15 is 0 Å². The Kier molecular flexibility index (Phi) is 7.04. The number of pyridine rings is 1. The van der Waals surface area contributed by atoms with Gasteiger partial charge in [0.2, 0.25) is 0 Å². The van der Waals surface area contributed by atoms with Crippen molar-refractivity contribution in [3.63, 3.8) is 0 Å². The molecule has 7 nitrogen and oxygen atoms in total. The summed E-state index contributed by atoms with van der Waals surface area (Å²) in [6.45, 7) is 4.13. The van der Waals surface area contributed by atoms with Crippen molar-refractivity contribution in [3.8, 4) is 5.75 Å². The van der Waals surface area contributed by atoms with Gasteiger partial charge in [-0.3, -0.25) is 9.59 Å². The fourth-order valence-electron chi connectivity index (χ4n) is 3.93. The summed E-state index contributed by atoms with van der Waals surface area (Å²) in [5, 5.41) is 0.236. The van der Waals surface area contributed by atoms with Crippen molar-refractivity contribution in [3.05, 3.63) is 58.9 Å². The van der Waals surface area contributed by atoms with Crippen molar-refractivity contribution in [1.29, 1.82) is 0 Å². The maximum Gasteiger partial charge on any atom is 0.257 e. The summed E-state index contributed by atoms with van der Waals surface area (Å²) in [7, 11) is 0. The maximum absolute atomic E-state index is 12.9. The number of nitrogens with zero attached hydrogens (tertiary/aromatic N) is 3. The topological polar surface area (TPSA) is 72.0 Å². The number of hydrogen-bond acceptors (Lipinski definition) is 5. The monoisotopic (exact) mass is 443 g/mol. The van der Waals surface area contributed by atoms with E-state index in [1.807, 2.05) is 29.2 Å². The molecule has 2 saturated heterocycles. The molecule has 0 N–H and O–H groups in total. The number of carbonyl (C=O) groups is 2. The summed E-state index contributed by atoms with van der Waals surface area (Å²) in [5.41, 5.74) is 1.03. The molecule has 0 unspecified atom stereocenters. The molecule has 0 spiro atoms. The van der Waals surface area contributed by atoms with E-state index in [0.717, 1.165) is 12.8 Å². The lowest BCUT2D eigenvalue weighted by Gasteiger charge is -2.32. The average Bonchev–Trinajstić information content (AvgIpc) is 2.83. The molecule has 0 bridgehead atoms. The first-order valence-electron chi connectivity index (χ1n) is 10.6. The van der Waals surface area contributed by atoms with Gasteiger partial charge in [0.15, 0.2) is 0 Å². The molecule has 2 aromatic rings. The van der Waals surface area contributed by atoms with Crippen LogP contribution in [0.15, 0.2) is 42.6 Å². The molecule has 0 atom stereocenters. The highest BCUT2D eigenvalue weighted by Crippen LogP contribution is 2.25. The fourth-order valence-corrected chi connectivity index (χ4v) is 4.13. The number of morpholine rings is 1. The lowest BCUT2D eigenvalue weighted by molar-refractivity contribution is 0.0299. The zero-order valence-electron chi connectivity index (χ0n) is 17.3. The van der Waals surface area contributed by atoms with Crippen molar-refractivity contribution in [1.82, 2.24) is 14.8 Å². The number of aromatic nitrogens is 1. The standard InChI is InChI=1S/C23H26ClN3O4/c24-21-19(5-3-9-25-21)23(29)26-10-7-17(8-11-26)16-31-20-6-2-1-4-18(20)22(28)27-12-14-30-15-13-27/h1-6,9,17H,7-8,10-16H2. The van der Waals surface area contributed by atoms with Gasteiger partial charge in [0.05, 0.1) is 30.9 Å². The van der Waals surface area contributed by atoms with Gasteiger partial charge in [-0.1, -0.05) is 23.7 Å². The number of halogens is 1. The first-order chi connectivity index (χ1) is 15.1. The number of carbonyl (C=O) groups excluding carboxylic acids is 2. The van der Waals surface area contributed by atoms with Crippen LogP contribution >= 0.6 is 11.6 Å². The number of hydrogen-bond donors (Lipinski definition) is 0. The Balaban J connectivity index is 1.32. The van der Waals surface area contributed by atoms with Crippen molar-refractivity contribution in [2.75, 3.05) is 46.0 Å². The molecule has 164 valence electrons. The van der Waals surface area contributed by atoms with E-state index in [-0.39, 0.29) is 17.0 Å². The van der Waals surface area contributed by atoms with Crippen LogP contribution in [0.25, 0.3) is 0 Å². The third-order valence-electron chi connectivity index (χ3n) is 5.78. The molecule has 3 heterocycles. The number of amides is 2. The molecule has 0 saturated carbocycles. The predicted octanol–water partition coefficient (Wildman–Crippen LogP) is 3.14. The van der Waals surface area contributed by atoms with Crippen LogP contribution in [-0.2, 0) is 4.74 Å². The maximum atomic E-state index is 12.9. The number of likely N-dealkylation sites (tertiary alicyclic amines) is 1. The quantitative estimate of drug-likeness (QED) is 0.664. The van der Waals surface area contributed by atoms with E-state index in [9.17, 15) is 9.59 Å². The Bertz CT molecular complexity index is 925. The minimum Gasteiger partial charge on any atom is -0.492 e. The predicted molar refractivity (Wildman–Crippen MR) is 117 cm³/mol. The van der Waals surface area contributed by atoms with Crippen LogP contribution in [0, 0.1) is 5.92 Å². The first-order valence-corrected chi connectivity index (χ1v) is 11.0. The normalized spacial score (nSPS) is 17.5. The summed E-state index contributed by atoms with van der Waals surface area (Å²) >= 11 is 6.06. The molecule has 31 heavy (non-hydrogen) atoms. The molecular formula is C23H26ClN3O4. The highest BCUT2D eigenvalue weighted by atomic mass is 35.5. The van der Waals surface area contributed by atoms with Crippen LogP contribution < -0.4 is 4.74 Å². The molecule has 2 fully saturated rings. The molecule has 8 heteroatoms. The molecule has 2 aliphatic heterocycles. The number of rotatable bonds is 5. The number of ether oxygens (including phenoxy) is 2. The Morgan fingerprint density at radius 3 is 2.35 bits per heavy atom. The fraction of sp³-hybridized carbons (Fsp3) is 0.435. The van der Waals surface area contributed by atoms with Gasteiger partial charge in [-0.15, -0.1) is 0 Å². The molecule has 2 amide bonds. The van der Waals surface area contributed by atoms with E-state index < -0.39 is 0 Å². The molecular weight excluding hydrogens is 418 g/mol. The van der Waals surface area contributed by atoms with E-state index in [2.05, 4.69) is 4.98 Å². The van der Waals surface area contributed by atoms with Crippen molar-refractivity contribution in [2.24, 2.45) is 5.92 Å². The van der Waals surface area contributed by atoms with Crippen molar-refractivity contribution >= 4 is 23.4 Å². The van der Waals surface area contributed by atoms with E-state index in [1.165, 1.54) is 0 Å². The van der Waals surface area contributed by atoms with Crippen LogP contribution in [0.4, 0.5) is 0 Å². The molecule has 0 aliphatic carbocycles. The molecule has 1 aromatic carbocycles. The highest BCUT2D eigenvalue weighted by Gasteiger charge is 2.26. The van der Waals surface area contributed by atoms with Gasteiger partial charge < -0.3 is 19.3 Å². The van der Waals surface area contributed by atoms with Crippen LogP contribution in [0.1, 0.15) is 33.6 Å². The van der Waals surface area contributed by atoms with Crippen LogP contribution in [0.2, 0.25) is 5.15 Å². The molecule has 0 radical (unpaired) electrons. The van der Waals surface area contributed by atoms with E-state index in [1.54, 1.807) is 23.2 Å². The molecule has 2 aliphatic rings. The summed E-state index contributed by atoms with van der Waals surface area (Å²) in [4.78, 5) is 33.2. The Morgan fingerprint density at radius 2 is 1.61 bits per heavy atom. The average molecular weight is 444 g/mol. The highest BCUT2D eigenvalue weighted by molar-refractivity contribution is 6.32. The van der Waals surface area contributed by atoms with Gasteiger partial charge in [-0.2, -0.15) is 0 Å². The summed E-state index contributed by atoms with van der Waals surface area (Å²) in [6.07, 6.45) is 3.25. The van der Waals surface area contributed by atoms with Crippen molar-refractivity contribution < 1.29 is 19.1 Å². The summed E-state index contributed by atoms with van der Waals surface area (Å²) in [6, 6.07) is 10.8. The van der Waals surface area contributed by atoms with E-state index in [4.69, 9.17) is 21.1 Å². The zero-order chi connectivity index (χ0) is 21.6. The Morgan fingerprint density at radius 1 is 0.968 bits per heavy atom. The number of benzene rings is 1. The number of piperidine rings is 1. The van der Waals surface area contributed by atoms with Gasteiger partial charge in [0.1, 0.15) is 10.9 Å². The van der Waals surface area contributed by atoms with Crippen LogP contribution in [-0.4, -0.2) is 72.6 Å². The van der Waals surface area contributed by atoms with Gasteiger partial charge in [0.25, 0.3) is 11.8 Å². The summed E-state index contributed by atoms with van der Waals surface area (Å²) < 4.78 is 11.4. The van der Waals surface area contributed by atoms with E-state index in [0.29, 0.717) is 68.8 Å². The number of para-hydroxylation sites is 1. The first kappa shape index (κ1) is 21.6. The molecule has 1 aromatic heterocycles. The lowest BCUT2D eigenvalue weighted by atomic mass is 9.97. The second-order valence-electron chi connectivity index (χ2n) is 7.79. The van der Waals surface area contributed by atoms with Gasteiger partial charge >= 0.3 is 0 Å². The van der Waals surface area contributed by atoms with Crippen molar-refractivity contribution in [2.45, 2.75) is 12.8 Å². The largest absolute Gasteiger partial charge is 0.492 e. The zero-order valence-corrected chi connectivity index (χ0v) is 18.1. The second kappa shape index (κ2) is 10.1. The minimum atomic E-state index is -0.0843. The second-order valence-corrected chi connectivity index (χ2v) is 8.15. The van der Waals surface area contributed by atoms with Gasteiger partial charge in [0, 0.05) is 32.4 Å². The SMILES string of the molecule is O=C(c1ccccc1OCC1CCN(C(=O)c2cccnc2Cl)CC1)N1CCOCC1.